The van der Waals surface area contributed by atoms with Crippen molar-refractivity contribution < 1.29 is 13.9 Å². The minimum absolute atomic E-state index is 0.621. The van der Waals surface area contributed by atoms with Gasteiger partial charge in [0.1, 0.15) is 24.7 Å². The van der Waals surface area contributed by atoms with Crippen molar-refractivity contribution in [3.05, 3.63) is 47.4 Å². The van der Waals surface area contributed by atoms with Gasteiger partial charge < -0.3 is 19.2 Å². The molecule has 19 heavy (non-hydrogen) atoms. The number of aryl methyl sites for hydroxylation is 1. The quantitative estimate of drug-likeness (QED) is 0.916. The molecule has 0 aliphatic carbocycles. The Balaban J connectivity index is 1.58. The number of fused-ring (bicyclic) bond motifs is 1. The molecule has 0 saturated heterocycles. The van der Waals surface area contributed by atoms with Crippen molar-refractivity contribution in [2.24, 2.45) is 0 Å². The van der Waals surface area contributed by atoms with Gasteiger partial charge in [0, 0.05) is 6.54 Å². The fraction of sp³-hybridized carbons (Fsp3) is 0.333. The molecule has 0 saturated carbocycles. The van der Waals surface area contributed by atoms with Crippen molar-refractivity contribution in [1.29, 1.82) is 0 Å². The fourth-order valence-corrected chi connectivity index (χ4v) is 2.11. The highest BCUT2D eigenvalue weighted by Crippen LogP contribution is 2.30. The first kappa shape index (κ1) is 12.1. The predicted octanol–water partition coefficient (Wildman–Crippen LogP) is 2.65. The Hall–Kier alpha value is -1.94. The number of furan rings is 1. The molecule has 0 unspecified atom stereocenters. The maximum absolute atomic E-state index is 5.56. The van der Waals surface area contributed by atoms with Crippen molar-refractivity contribution in [1.82, 2.24) is 5.32 Å². The van der Waals surface area contributed by atoms with Crippen LogP contribution in [0.5, 0.6) is 11.5 Å². The van der Waals surface area contributed by atoms with Gasteiger partial charge in [-0.15, -0.1) is 0 Å². The summed E-state index contributed by atoms with van der Waals surface area (Å²) in [4.78, 5) is 0. The van der Waals surface area contributed by atoms with Crippen LogP contribution in [0.25, 0.3) is 0 Å². The number of benzene rings is 1. The number of hydrogen-bond acceptors (Lipinski definition) is 4. The van der Waals surface area contributed by atoms with Crippen molar-refractivity contribution >= 4 is 0 Å². The molecule has 1 aliphatic rings. The lowest BCUT2D eigenvalue weighted by atomic mass is 10.2. The van der Waals surface area contributed by atoms with Crippen molar-refractivity contribution in [3.8, 4) is 11.5 Å². The van der Waals surface area contributed by atoms with Gasteiger partial charge >= 0.3 is 0 Å². The summed E-state index contributed by atoms with van der Waals surface area (Å²) in [5.41, 5.74) is 1.17. The summed E-state index contributed by atoms with van der Waals surface area (Å²) >= 11 is 0. The van der Waals surface area contributed by atoms with Gasteiger partial charge in [-0.05, 0) is 36.8 Å². The summed E-state index contributed by atoms with van der Waals surface area (Å²) < 4.78 is 16.6. The van der Waals surface area contributed by atoms with Crippen molar-refractivity contribution in [3.63, 3.8) is 0 Å². The molecule has 0 bridgehead atoms. The van der Waals surface area contributed by atoms with Gasteiger partial charge in [-0.2, -0.15) is 0 Å². The molecule has 0 fully saturated rings. The van der Waals surface area contributed by atoms with Gasteiger partial charge in [0.2, 0.25) is 0 Å². The molecular weight excluding hydrogens is 242 g/mol. The minimum Gasteiger partial charge on any atom is -0.486 e. The van der Waals surface area contributed by atoms with E-state index in [0.29, 0.717) is 13.2 Å². The fourth-order valence-electron chi connectivity index (χ4n) is 2.11. The van der Waals surface area contributed by atoms with E-state index < -0.39 is 0 Å². The Labute approximate surface area is 112 Å². The van der Waals surface area contributed by atoms with E-state index >= 15 is 0 Å². The minimum atomic E-state index is 0.621. The number of rotatable bonds is 4. The molecule has 4 heteroatoms. The third kappa shape index (κ3) is 2.90. The molecule has 1 N–H and O–H groups in total. The van der Waals surface area contributed by atoms with Gasteiger partial charge in [0.05, 0.1) is 6.54 Å². The number of hydrogen-bond donors (Lipinski definition) is 1. The highest BCUT2D eigenvalue weighted by Gasteiger charge is 2.11. The second-order valence-corrected chi connectivity index (χ2v) is 4.59. The largest absolute Gasteiger partial charge is 0.486 e. The highest BCUT2D eigenvalue weighted by atomic mass is 16.6. The maximum Gasteiger partial charge on any atom is 0.161 e. The molecule has 3 rings (SSSR count). The molecular formula is C15H17NO3. The molecule has 1 aromatic carbocycles. The normalized spacial score (nSPS) is 13.5. The first-order chi connectivity index (χ1) is 9.31. The van der Waals surface area contributed by atoms with Gasteiger partial charge in [0.25, 0.3) is 0 Å². The van der Waals surface area contributed by atoms with Gasteiger partial charge in [0.15, 0.2) is 11.5 Å². The van der Waals surface area contributed by atoms with Gasteiger partial charge in [-0.25, -0.2) is 0 Å². The Morgan fingerprint density at radius 1 is 1.00 bits per heavy atom. The molecule has 1 aromatic heterocycles. The average Bonchev–Trinajstić information content (AvgIpc) is 2.84. The smallest absolute Gasteiger partial charge is 0.161 e. The topological polar surface area (TPSA) is 43.6 Å². The first-order valence-electron chi connectivity index (χ1n) is 6.46. The molecule has 2 heterocycles. The second-order valence-electron chi connectivity index (χ2n) is 4.59. The van der Waals surface area contributed by atoms with E-state index in [1.807, 2.05) is 37.3 Å². The highest BCUT2D eigenvalue weighted by molar-refractivity contribution is 5.43. The number of nitrogens with one attached hydrogen (secondary N) is 1. The zero-order valence-corrected chi connectivity index (χ0v) is 10.9. The molecule has 0 amide bonds. The zero-order valence-electron chi connectivity index (χ0n) is 10.9. The van der Waals surface area contributed by atoms with Crippen LogP contribution in [0, 0.1) is 6.92 Å². The standard InChI is InChI=1S/C15H17NO3/c1-11-2-4-13(19-11)10-16-9-12-3-5-14-15(8-12)18-7-6-17-14/h2-5,8,16H,6-7,9-10H2,1H3. The predicted molar refractivity (Wildman–Crippen MR) is 71.4 cm³/mol. The van der Waals surface area contributed by atoms with Crippen LogP contribution < -0.4 is 14.8 Å². The third-order valence-electron chi connectivity index (χ3n) is 3.03. The van der Waals surface area contributed by atoms with E-state index in [-0.39, 0.29) is 0 Å². The Bertz CT molecular complexity index is 562. The summed E-state index contributed by atoms with van der Waals surface area (Å²) in [6.45, 7) is 4.70. The van der Waals surface area contributed by atoms with Gasteiger partial charge in [-0.3, -0.25) is 0 Å². The van der Waals surface area contributed by atoms with Crippen LogP contribution >= 0.6 is 0 Å². The molecule has 1 aliphatic heterocycles. The Morgan fingerprint density at radius 3 is 2.63 bits per heavy atom. The van der Waals surface area contributed by atoms with Crippen LogP contribution in [0.1, 0.15) is 17.1 Å². The lowest BCUT2D eigenvalue weighted by molar-refractivity contribution is 0.171. The number of ether oxygens (including phenoxy) is 2. The Kier molecular flexibility index (Phi) is 3.42. The van der Waals surface area contributed by atoms with E-state index in [1.165, 1.54) is 5.56 Å². The van der Waals surface area contributed by atoms with E-state index in [4.69, 9.17) is 13.9 Å². The van der Waals surface area contributed by atoms with E-state index in [1.54, 1.807) is 0 Å². The summed E-state index contributed by atoms with van der Waals surface area (Å²) in [5.74, 6) is 3.56. The second kappa shape index (κ2) is 5.36. The lowest BCUT2D eigenvalue weighted by Crippen LogP contribution is -2.16. The van der Waals surface area contributed by atoms with Gasteiger partial charge in [-0.1, -0.05) is 6.07 Å². The summed E-state index contributed by atoms with van der Waals surface area (Å²) in [5, 5.41) is 3.35. The van der Waals surface area contributed by atoms with Crippen LogP contribution in [0.4, 0.5) is 0 Å². The molecule has 4 nitrogen and oxygen atoms in total. The summed E-state index contributed by atoms with van der Waals surface area (Å²) in [7, 11) is 0. The molecule has 2 aromatic rings. The monoisotopic (exact) mass is 259 g/mol. The molecule has 0 spiro atoms. The zero-order chi connectivity index (χ0) is 13.1. The SMILES string of the molecule is Cc1ccc(CNCc2ccc3c(c2)OCCO3)o1. The van der Waals surface area contributed by atoms with Crippen LogP contribution in [-0.4, -0.2) is 13.2 Å². The first-order valence-corrected chi connectivity index (χ1v) is 6.46. The van der Waals surface area contributed by atoms with E-state index in [0.717, 1.165) is 36.1 Å². The average molecular weight is 259 g/mol. The molecule has 0 radical (unpaired) electrons. The molecule has 100 valence electrons. The van der Waals surface area contributed by atoms with Crippen LogP contribution in [0.15, 0.2) is 34.7 Å². The maximum atomic E-state index is 5.56. The van der Waals surface area contributed by atoms with Crippen molar-refractivity contribution in [2.75, 3.05) is 13.2 Å². The molecule has 0 atom stereocenters. The van der Waals surface area contributed by atoms with Crippen LogP contribution in [0.2, 0.25) is 0 Å². The third-order valence-corrected chi connectivity index (χ3v) is 3.03. The van der Waals surface area contributed by atoms with Crippen molar-refractivity contribution in [2.45, 2.75) is 20.0 Å². The van der Waals surface area contributed by atoms with E-state index in [2.05, 4.69) is 5.32 Å². The van der Waals surface area contributed by atoms with E-state index in [9.17, 15) is 0 Å². The summed E-state index contributed by atoms with van der Waals surface area (Å²) in [6.07, 6.45) is 0. The lowest BCUT2D eigenvalue weighted by Gasteiger charge is -2.18. The summed E-state index contributed by atoms with van der Waals surface area (Å²) in [6, 6.07) is 10.00. The van der Waals surface area contributed by atoms with Crippen LogP contribution in [0.3, 0.4) is 0 Å². The van der Waals surface area contributed by atoms with Crippen LogP contribution in [-0.2, 0) is 13.1 Å². The Morgan fingerprint density at radius 2 is 1.84 bits per heavy atom.